The monoisotopic (exact) mass is 606 g/mol. The normalized spacial score (nSPS) is 12.1. The third-order valence-electron chi connectivity index (χ3n) is 8.31. The highest BCUT2D eigenvalue weighted by Crippen LogP contribution is 2.37. The minimum absolute atomic E-state index is 0.190. The van der Waals surface area contributed by atoms with E-state index < -0.39 is 11.9 Å². The maximum absolute atomic E-state index is 13.3. The number of ketones is 1. The second kappa shape index (κ2) is 19.4. The average Bonchev–Trinajstić information content (AvgIpc) is 3.33. The molecule has 0 amide bonds. The van der Waals surface area contributed by atoms with E-state index in [1.807, 2.05) is 0 Å². The molecule has 0 N–H and O–H groups in total. The molecule has 0 saturated heterocycles. The molecule has 242 valence electrons. The van der Waals surface area contributed by atoms with Gasteiger partial charge < -0.3 is 19.3 Å². The largest absolute Gasteiger partial charge is 0.462 e. The van der Waals surface area contributed by atoms with Gasteiger partial charge in [0.25, 0.3) is 0 Å². The molecule has 0 heterocycles. The van der Waals surface area contributed by atoms with E-state index in [1.54, 1.807) is 36.4 Å². The number of esters is 2. The van der Waals surface area contributed by atoms with Gasteiger partial charge in [-0.25, -0.2) is 9.59 Å². The Labute approximate surface area is 265 Å². The zero-order valence-electron chi connectivity index (χ0n) is 27.6. The van der Waals surface area contributed by atoms with E-state index in [0.29, 0.717) is 35.5 Å². The van der Waals surface area contributed by atoms with E-state index >= 15 is 0 Å². The van der Waals surface area contributed by atoms with Gasteiger partial charge in [-0.2, -0.15) is 0 Å². The standard InChI is InChI=1S/C37H54N2O5/c1-5-9-19-38(20-10-6-2)23-13-25-43-36(41)29-15-17-31-32-18-16-30(28-34(32)35(40)33(31)27-29)37(42)44-26-14-24-39(21-11-7-3)22-12-8-4/h15-18,27-28H,5-14,19-26H2,1-4H3. The molecule has 2 aromatic carbocycles. The summed E-state index contributed by atoms with van der Waals surface area (Å²) in [5, 5.41) is 0. The number of hydrogen-bond donors (Lipinski definition) is 0. The lowest BCUT2D eigenvalue weighted by atomic mass is 10.0. The van der Waals surface area contributed by atoms with Crippen LogP contribution in [0.25, 0.3) is 11.1 Å². The molecule has 7 heteroatoms. The topological polar surface area (TPSA) is 76.1 Å². The molecule has 1 aliphatic rings. The fourth-order valence-electron chi connectivity index (χ4n) is 5.60. The highest BCUT2D eigenvalue weighted by molar-refractivity contribution is 6.22. The van der Waals surface area contributed by atoms with E-state index in [9.17, 15) is 14.4 Å². The van der Waals surface area contributed by atoms with Crippen LogP contribution < -0.4 is 0 Å². The van der Waals surface area contributed by atoms with Crippen molar-refractivity contribution in [2.24, 2.45) is 0 Å². The van der Waals surface area contributed by atoms with Crippen LogP contribution in [0.1, 0.15) is 129 Å². The van der Waals surface area contributed by atoms with Gasteiger partial charge in [0.1, 0.15) is 0 Å². The van der Waals surface area contributed by atoms with Crippen LogP contribution in [-0.4, -0.2) is 80.0 Å². The minimum Gasteiger partial charge on any atom is -0.462 e. The lowest BCUT2D eigenvalue weighted by molar-refractivity contribution is 0.0478. The van der Waals surface area contributed by atoms with Crippen LogP contribution in [-0.2, 0) is 9.47 Å². The molecule has 0 unspecified atom stereocenters. The fourth-order valence-corrected chi connectivity index (χ4v) is 5.60. The second-order valence-corrected chi connectivity index (χ2v) is 11.9. The van der Waals surface area contributed by atoms with Gasteiger partial charge in [-0.05, 0) is 100 Å². The minimum atomic E-state index is -0.419. The number of ether oxygens (including phenoxy) is 2. The molecule has 0 bridgehead atoms. The summed E-state index contributed by atoms with van der Waals surface area (Å²) in [7, 11) is 0. The first-order valence-corrected chi connectivity index (χ1v) is 17.0. The predicted molar refractivity (Wildman–Crippen MR) is 178 cm³/mol. The Bertz CT molecular complexity index is 1100. The predicted octanol–water partition coefficient (Wildman–Crippen LogP) is 7.80. The van der Waals surface area contributed by atoms with Crippen LogP contribution in [0, 0.1) is 0 Å². The maximum atomic E-state index is 13.3. The fraction of sp³-hybridized carbons (Fsp3) is 0.595. The van der Waals surface area contributed by atoms with Gasteiger partial charge in [-0.1, -0.05) is 65.5 Å². The van der Waals surface area contributed by atoms with Crippen LogP contribution >= 0.6 is 0 Å². The first-order chi connectivity index (χ1) is 21.4. The van der Waals surface area contributed by atoms with E-state index in [4.69, 9.17) is 9.47 Å². The van der Waals surface area contributed by atoms with Crippen molar-refractivity contribution in [1.29, 1.82) is 0 Å². The van der Waals surface area contributed by atoms with Gasteiger partial charge in [0.2, 0.25) is 0 Å². The van der Waals surface area contributed by atoms with Crippen LogP contribution in [0.5, 0.6) is 0 Å². The van der Waals surface area contributed by atoms with Gasteiger partial charge in [0, 0.05) is 24.2 Å². The zero-order valence-corrected chi connectivity index (χ0v) is 27.6. The average molecular weight is 607 g/mol. The molecule has 0 spiro atoms. The van der Waals surface area contributed by atoms with Crippen LogP contribution in [0.15, 0.2) is 36.4 Å². The zero-order chi connectivity index (χ0) is 31.7. The van der Waals surface area contributed by atoms with Crippen LogP contribution in [0.4, 0.5) is 0 Å². The molecule has 0 aromatic heterocycles. The number of benzene rings is 2. The maximum Gasteiger partial charge on any atom is 0.338 e. The molecule has 0 saturated carbocycles. The van der Waals surface area contributed by atoms with Crippen molar-refractivity contribution in [3.63, 3.8) is 0 Å². The third kappa shape index (κ3) is 10.6. The summed E-state index contributed by atoms with van der Waals surface area (Å²) < 4.78 is 11.1. The molecule has 3 rings (SSSR count). The third-order valence-corrected chi connectivity index (χ3v) is 8.31. The first kappa shape index (κ1) is 35.4. The Morgan fingerprint density at radius 1 is 0.523 bits per heavy atom. The molecule has 2 aromatic rings. The Balaban J connectivity index is 1.52. The number of unbranched alkanes of at least 4 members (excludes halogenated alkanes) is 4. The van der Waals surface area contributed by atoms with Crippen LogP contribution in [0.3, 0.4) is 0 Å². The second-order valence-electron chi connectivity index (χ2n) is 11.9. The van der Waals surface area contributed by atoms with Crippen molar-refractivity contribution in [2.75, 3.05) is 52.5 Å². The van der Waals surface area contributed by atoms with E-state index in [2.05, 4.69) is 37.5 Å². The molecule has 0 atom stereocenters. The molecule has 0 fully saturated rings. The van der Waals surface area contributed by atoms with Crippen molar-refractivity contribution in [3.8, 4) is 11.1 Å². The highest BCUT2D eigenvalue weighted by atomic mass is 16.5. The summed E-state index contributed by atoms with van der Waals surface area (Å²) in [5.41, 5.74) is 3.19. The van der Waals surface area contributed by atoms with Crippen molar-refractivity contribution >= 4 is 17.7 Å². The first-order valence-electron chi connectivity index (χ1n) is 17.0. The van der Waals surface area contributed by atoms with Gasteiger partial charge in [-0.3, -0.25) is 4.79 Å². The molecule has 0 aliphatic heterocycles. The molecular formula is C37H54N2O5. The van der Waals surface area contributed by atoms with Gasteiger partial charge >= 0.3 is 11.9 Å². The number of fused-ring (bicyclic) bond motifs is 3. The van der Waals surface area contributed by atoms with Crippen molar-refractivity contribution < 1.29 is 23.9 Å². The summed E-state index contributed by atoms with van der Waals surface area (Å²) in [4.78, 5) is 43.9. The number of hydrogen-bond acceptors (Lipinski definition) is 7. The van der Waals surface area contributed by atoms with E-state index in [0.717, 1.165) is 63.2 Å². The van der Waals surface area contributed by atoms with Gasteiger partial charge in [0.05, 0.1) is 24.3 Å². The van der Waals surface area contributed by atoms with Crippen molar-refractivity contribution in [3.05, 3.63) is 58.7 Å². The SMILES string of the molecule is CCCCN(CCCC)CCCOC(=O)c1ccc2c(c1)C(=O)c1cc(C(=O)OCCCN(CCCC)CCCC)ccc1-2. The summed E-state index contributed by atoms with van der Waals surface area (Å²) in [6.07, 6.45) is 10.9. The van der Waals surface area contributed by atoms with Gasteiger partial charge in [-0.15, -0.1) is 0 Å². The number of carbonyl (C=O) groups is 3. The molecule has 7 nitrogen and oxygen atoms in total. The summed E-state index contributed by atoms with van der Waals surface area (Å²) in [6, 6.07) is 10.3. The molecule has 0 radical (unpaired) electrons. The Hall–Kier alpha value is -3.03. The number of rotatable bonds is 22. The molecule has 1 aliphatic carbocycles. The summed E-state index contributed by atoms with van der Waals surface area (Å²) in [6.45, 7) is 15.6. The Morgan fingerprint density at radius 3 is 1.20 bits per heavy atom. The van der Waals surface area contributed by atoms with Crippen LogP contribution in [0.2, 0.25) is 0 Å². The van der Waals surface area contributed by atoms with Crippen molar-refractivity contribution in [2.45, 2.75) is 91.9 Å². The summed E-state index contributed by atoms with van der Waals surface area (Å²) in [5.74, 6) is -1.03. The smallest absolute Gasteiger partial charge is 0.338 e. The highest BCUT2D eigenvalue weighted by Gasteiger charge is 2.29. The van der Waals surface area contributed by atoms with Crippen molar-refractivity contribution in [1.82, 2.24) is 9.80 Å². The quantitative estimate of drug-likeness (QED) is 0.0853. The van der Waals surface area contributed by atoms with E-state index in [1.165, 1.54) is 51.4 Å². The van der Waals surface area contributed by atoms with E-state index in [-0.39, 0.29) is 5.78 Å². The molecule has 44 heavy (non-hydrogen) atoms. The molecular weight excluding hydrogens is 552 g/mol. The summed E-state index contributed by atoms with van der Waals surface area (Å²) >= 11 is 0. The number of nitrogens with zero attached hydrogens (tertiary/aromatic N) is 2. The Morgan fingerprint density at radius 2 is 0.864 bits per heavy atom. The lowest BCUT2D eigenvalue weighted by Gasteiger charge is -2.21. The lowest BCUT2D eigenvalue weighted by Crippen LogP contribution is -2.28. The van der Waals surface area contributed by atoms with Gasteiger partial charge in [0.15, 0.2) is 5.78 Å². The number of carbonyl (C=O) groups excluding carboxylic acids is 3. The Kier molecular flexibility index (Phi) is 15.6.